The molecule has 0 aliphatic carbocycles. The van der Waals surface area contributed by atoms with Crippen molar-refractivity contribution < 1.29 is 9.90 Å². The third-order valence-corrected chi connectivity index (χ3v) is 3.92. The highest BCUT2D eigenvalue weighted by Crippen LogP contribution is 2.23. The first-order chi connectivity index (χ1) is 8.48. The van der Waals surface area contributed by atoms with Gasteiger partial charge in [0, 0.05) is 23.1 Å². The van der Waals surface area contributed by atoms with Crippen LogP contribution in [0.2, 0.25) is 0 Å². The Balaban J connectivity index is 2.10. The zero-order valence-corrected chi connectivity index (χ0v) is 12.1. The van der Waals surface area contributed by atoms with Crippen LogP contribution in [0, 0.1) is 0 Å². The Kier molecular flexibility index (Phi) is 4.07. The molecular weight excluding hydrogens is 294 g/mol. The van der Waals surface area contributed by atoms with Crippen LogP contribution in [-0.2, 0) is 0 Å². The largest absolute Gasteiger partial charge is 0.390 e. The van der Waals surface area contributed by atoms with Gasteiger partial charge in [-0.3, -0.25) is 4.79 Å². The van der Waals surface area contributed by atoms with Crippen LogP contribution in [0.25, 0.3) is 0 Å². The molecule has 98 valence electrons. The highest BCUT2D eigenvalue weighted by Gasteiger charge is 2.27. The van der Waals surface area contributed by atoms with Gasteiger partial charge in [-0.25, -0.2) is 0 Å². The average molecular weight is 312 g/mol. The smallest absolute Gasteiger partial charge is 0.253 e. The van der Waals surface area contributed by atoms with Crippen LogP contribution in [0.1, 0.15) is 36.5 Å². The summed E-state index contributed by atoms with van der Waals surface area (Å²) in [5.41, 5.74) is 0.0673. The van der Waals surface area contributed by atoms with Crippen molar-refractivity contribution >= 4 is 21.8 Å². The zero-order valence-electron chi connectivity index (χ0n) is 10.5. The molecule has 1 aromatic carbocycles. The Hall–Kier alpha value is -0.870. The lowest BCUT2D eigenvalue weighted by molar-refractivity contribution is 0.0438. The molecule has 1 unspecified atom stereocenters. The van der Waals surface area contributed by atoms with E-state index in [9.17, 15) is 9.90 Å². The van der Waals surface area contributed by atoms with Gasteiger partial charge >= 0.3 is 0 Å². The SMILES string of the molecule is CC1(O)CCCN(C(=O)c2cccc(Br)c2)CC1. The summed E-state index contributed by atoms with van der Waals surface area (Å²) >= 11 is 3.38. The number of halogens is 1. The molecular formula is C14H18BrNO2. The topological polar surface area (TPSA) is 40.5 Å². The lowest BCUT2D eigenvalue weighted by Gasteiger charge is -2.22. The summed E-state index contributed by atoms with van der Waals surface area (Å²) in [6, 6.07) is 7.44. The maximum atomic E-state index is 12.3. The van der Waals surface area contributed by atoms with E-state index in [2.05, 4.69) is 15.9 Å². The summed E-state index contributed by atoms with van der Waals surface area (Å²) in [4.78, 5) is 14.2. The molecule has 0 spiro atoms. The van der Waals surface area contributed by atoms with Gasteiger partial charge in [0.2, 0.25) is 0 Å². The lowest BCUT2D eigenvalue weighted by atomic mass is 9.98. The number of benzene rings is 1. The Bertz CT molecular complexity index is 445. The van der Waals surface area contributed by atoms with Crippen LogP contribution >= 0.6 is 15.9 Å². The molecule has 0 aromatic heterocycles. The number of carbonyl (C=O) groups is 1. The van der Waals surface area contributed by atoms with Crippen molar-refractivity contribution in [2.24, 2.45) is 0 Å². The number of rotatable bonds is 1. The second-order valence-electron chi connectivity index (χ2n) is 5.15. The summed E-state index contributed by atoms with van der Waals surface area (Å²) in [6.07, 6.45) is 2.26. The van der Waals surface area contributed by atoms with Gasteiger partial charge < -0.3 is 10.0 Å². The van der Waals surface area contributed by atoms with Gasteiger partial charge in [-0.1, -0.05) is 22.0 Å². The van der Waals surface area contributed by atoms with E-state index < -0.39 is 5.60 Å². The van der Waals surface area contributed by atoms with Crippen molar-refractivity contribution in [2.75, 3.05) is 13.1 Å². The van der Waals surface area contributed by atoms with Gasteiger partial charge in [-0.2, -0.15) is 0 Å². The van der Waals surface area contributed by atoms with Crippen LogP contribution in [0.3, 0.4) is 0 Å². The molecule has 2 rings (SSSR count). The Labute approximate surface area is 116 Å². The maximum absolute atomic E-state index is 12.3. The minimum Gasteiger partial charge on any atom is -0.390 e. The molecule has 18 heavy (non-hydrogen) atoms. The summed E-state index contributed by atoms with van der Waals surface area (Å²) < 4.78 is 0.912. The van der Waals surface area contributed by atoms with Crippen molar-refractivity contribution in [3.63, 3.8) is 0 Å². The van der Waals surface area contributed by atoms with Crippen LogP contribution in [0.4, 0.5) is 0 Å². The molecule has 1 heterocycles. The molecule has 4 heteroatoms. The second-order valence-corrected chi connectivity index (χ2v) is 6.07. The molecule has 1 aromatic rings. The number of aliphatic hydroxyl groups is 1. The fraction of sp³-hybridized carbons (Fsp3) is 0.500. The quantitative estimate of drug-likeness (QED) is 0.866. The maximum Gasteiger partial charge on any atom is 0.253 e. The van der Waals surface area contributed by atoms with Crippen molar-refractivity contribution in [2.45, 2.75) is 31.8 Å². The fourth-order valence-corrected chi connectivity index (χ4v) is 2.67. The predicted molar refractivity (Wildman–Crippen MR) is 74.5 cm³/mol. The van der Waals surface area contributed by atoms with E-state index >= 15 is 0 Å². The number of hydrogen-bond donors (Lipinski definition) is 1. The van der Waals surface area contributed by atoms with E-state index in [0.29, 0.717) is 18.5 Å². The van der Waals surface area contributed by atoms with Crippen molar-refractivity contribution in [3.05, 3.63) is 34.3 Å². The van der Waals surface area contributed by atoms with Crippen LogP contribution in [0.15, 0.2) is 28.7 Å². The van der Waals surface area contributed by atoms with E-state index in [1.54, 1.807) is 0 Å². The molecule has 0 saturated carbocycles. The number of nitrogens with zero attached hydrogens (tertiary/aromatic N) is 1. The molecule has 1 fully saturated rings. The molecule has 0 radical (unpaired) electrons. The number of amides is 1. The van der Waals surface area contributed by atoms with Crippen molar-refractivity contribution in [1.29, 1.82) is 0 Å². The average Bonchev–Trinajstić information content (AvgIpc) is 2.49. The van der Waals surface area contributed by atoms with E-state index in [1.165, 1.54) is 0 Å². The van der Waals surface area contributed by atoms with E-state index in [0.717, 1.165) is 23.9 Å². The first-order valence-electron chi connectivity index (χ1n) is 6.25. The number of likely N-dealkylation sites (tertiary alicyclic amines) is 1. The van der Waals surface area contributed by atoms with Gasteiger partial charge in [0.1, 0.15) is 0 Å². The van der Waals surface area contributed by atoms with Crippen LogP contribution in [0.5, 0.6) is 0 Å². The van der Waals surface area contributed by atoms with Crippen molar-refractivity contribution in [1.82, 2.24) is 4.90 Å². The minimum absolute atomic E-state index is 0.0500. The van der Waals surface area contributed by atoms with Gasteiger partial charge in [0.15, 0.2) is 0 Å². The third kappa shape index (κ3) is 3.33. The Morgan fingerprint density at radius 1 is 1.39 bits per heavy atom. The fourth-order valence-electron chi connectivity index (χ4n) is 2.27. The summed E-state index contributed by atoms with van der Waals surface area (Å²) in [6.45, 7) is 3.19. The first kappa shape index (κ1) is 13.6. The van der Waals surface area contributed by atoms with Gasteiger partial charge in [0.25, 0.3) is 5.91 Å². The third-order valence-electron chi connectivity index (χ3n) is 3.42. The standard InChI is InChI=1S/C14H18BrNO2/c1-14(18)6-3-8-16(9-7-14)13(17)11-4-2-5-12(15)10-11/h2,4-5,10,18H,3,6-9H2,1H3. The minimum atomic E-state index is -0.633. The van der Waals surface area contributed by atoms with Crippen LogP contribution in [-0.4, -0.2) is 34.6 Å². The number of hydrogen-bond acceptors (Lipinski definition) is 2. The van der Waals surface area contributed by atoms with E-state index in [-0.39, 0.29) is 5.91 Å². The Morgan fingerprint density at radius 2 is 2.17 bits per heavy atom. The number of carbonyl (C=O) groups excluding carboxylic acids is 1. The summed E-state index contributed by atoms with van der Waals surface area (Å²) in [5, 5.41) is 10.0. The predicted octanol–water partition coefficient (Wildman–Crippen LogP) is 2.83. The molecule has 0 bridgehead atoms. The normalized spacial score (nSPS) is 24.7. The molecule has 1 atom stereocenters. The molecule has 1 aliphatic heterocycles. The highest BCUT2D eigenvalue weighted by molar-refractivity contribution is 9.10. The monoisotopic (exact) mass is 311 g/mol. The Morgan fingerprint density at radius 3 is 2.89 bits per heavy atom. The van der Waals surface area contributed by atoms with Gasteiger partial charge in [-0.15, -0.1) is 0 Å². The summed E-state index contributed by atoms with van der Waals surface area (Å²) in [5.74, 6) is 0.0500. The lowest BCUT2D eigenvalue weighted by Crippen LogP contribution is -2.33. The molecule has 3 nitrogen and oxygen atoms in total. The second kappa shape index (κ2) is 5.41. The molecule has 1 saturated heterocycles. The van der Waals surface area contributed by atoms with Crippen molar-refractivity contribution in [3.8, 4) is 0 Å². The van der Waals surface area contributed by atoms with Gasteiger partial charge in [0.05, 0.1) is 5.60 Å². The summed E-state index contributed by atoms with van der Waals surface area (Å²) in [7, 11) is 0. The first-order valence-corrected chi connectivity index (χ1v) is 7.04. The molecule has 1 amide bonds. The zero-order chi connectivity index (χ0) is 13.2. The molecule has 1 N–H and O–H groups in total. The molecule has 1 aliphatic rings. The van der Waals surface area contributed by atoms with E-state index in [4.69, 9.17) is 0 Å². The van der Waals surface area contributed by atoms with Gasteiger partial charge in [-0.05, 0) is 44.4 Å². The van der Waals surface area contributed by atoms with E-state index in [1.807, 2.05) is 36.1 Å². The highest BCUT2D eigenvalue weighted by atomic mass is 79.9. The van der Waals surface area contributed by atoms with Crippen LogP contribution < -0.4 is 0 Å².